The fourth-order valence-electron chi connectivity index (χ4n) is 1.79. The number of nitrogens with zero attached hydrogens (tertiary/aromatic N) is 3. The van der Waals surface area contributed by atoms with Crippen LogP contribution in [0.3, 0.4) is 0 Å². The highest BCUT2D eigenvalue weighted by Crippen LogP contribution is 2.17. The lowest BCUT2D eigenvalue weighted by atomic mass is 10.1. The summed E-state index contributed by atoms with van der Waals surface area (Å²) in [7, 11) is 0. The molecule has 20 heavy (non-hydrogen) atoms. The van der Waals surface area contributed by atoms with E-state index in [2.05, 4.69) is 25.7 Å². The lowest BCUT2D eigenvalue weighted by molar-refractivity contribution is 0.102. The summed E-state index contributed by atoms with van der Waals surface area (Å²) in [6, 6.07) is 6.79. The molecule has 0 spiro atoms. The average Bonchev–Trinajstić information content (AvgIpc) is 2.84. The number of rotatable bonds is 2. The minimum atomic E-state index is -0.436. The van der Waals surface area contributed by atoms with Gasteiger partial charge in [0.15, 0.2) is 5.69 Å². The van der Waals surface area contributed by atoms with Crippen LogP contribution in [-0.2, 0) is 0 Å². The summed E-state index contributed by atoms with van der Waals surface area (Å²) in [6.45, 7) is 1.79. The summed E-state index contributed by atoms with van der Waals surface area (Å²) < 4.78 is 0. The second-order valence-electron chi connectivity index (χ2n) is 4.03. The molecule has 0 aliphatic rings. The standard InChI is InChI=1S/C12H9N5O2S/c1-6-14-17-12(20-6)13-11(19)9-7-4-2-3-5-8(7)10(18)16-15-9/h2-5H,1H3,(H,16,18)(H,13,17,19). The summed E-state index contributed by atoms with van der Waals surface area (Å²) in [6.07, 6.45) is 0. The maximum atomic E-state index is 12.2. The molecule has 2 N–H and O–H groups in total. The van der Waals surface area contributed by atoms with Crippen molar-refractivity contribution in [3.05, 3.63) is 45.3 Å². The zero-order valence-corrected chi connectivity index (χ0v) is 11.2. The van der Waals surface area contributed by atoms with Gasteiger partial charge in [0.1, 0.15) is 5.01 Å². The zero-order valence-electron chi connectivity index (χ0n) is 10.4. The fourth-order valence-corrected chi connectivity index (χ4v) is 2.38. The maximum absolute atomic E-state index is 12.2. The molecular formula is C12H9N5O2S. The van der Waals surface area contributed by atoms with Crippen molar-refractivity contribution in [3.63, 3.8) is 0 Å². The van der Waals surface area contributed by atoms with Crippen LogP contribution in [-0.4, -0.2) is 26.3 Å². The largest absolute Gasteiger partial charge is 0.295 e. The first-order chi connectivity index (χ1) is 9.65. The second-order valence-corrected chi connectivity index (χ2v) is 5.21. The van der Waals surface area contributed by atoms with Gasteiger partial charge in [-0.15, -0.1) is 10.2 Å². The van der Waals surface area contributed by atoms with Crippen LogP contribution >= 0.6 is 11.3 Å². The minimum Gasteiger partial charge on any atom is -0.295 e. The molecule has 0 bridgehead atoms. The van der Waals surface area contributed by atoms with Crippen molar-refractivity contribution in [2.24, 2.45) is 0 Å². The molecule has 0 aliphatic carbocycles. The highest BCUT2D eigenvalue weighted by molar-refractivity contribution is 7.15. The van der Waals surface area contributed by atoms with Crippen molar-refractivity contribution in [2.45, 2.75) is 6.92 Å². The Kier molecular flexibility index (Phi) is 2.99. The van der Waals surface area contributed by atoms with Crippen molar-refractivity contribution in [3.8, 4) is 0 Å². The SMILES string of the molecule is Cc1nnc(NC(=O)c2n[nH]c(=O)c3ccccc23)s1. The molecule has 0 atom stereocenters. The molecule has 1 amide bonds. The van der Waals surface area contributed by atoms with Crippen LogP contribution in [0.1, 0.15) is 15.5 Å². The molecule has 1 aromatic carbocycles. The topological polar surface area (TPSA) is 101 Å². The number of hydrogen-bond acceptors (Lipinski definition) is 6. The Hall–Kier alpha value is -2.61. The molecule has 0 aliphatic heterocycles. The number of aromatic nitrogens is 4. The smallest absolute Gasteiger partial charge is 0.278 e. The third-order valence-corrected chi connectivity index (χ3v) is 3.41. The van der Waals surface area contributed by atoms with Gasteiger partial charge in [0, 0.05) is 5.39 Å². The lowest BCUT2D eigenvalue weighted by Crippen LogP contribution is -2.19. The van der Waals surface area contributed by atoms with Gasteiger partial charge in [-0.2, -0.15) is 5.10 Å². The Morgan fingerprint density at radius 1 is 1.25 bits per heavy atom. The molecule has 0 saturated carbocycles. The summed E-state index contributed by atoms with van der Waals surface area (Å²) in [5.41, 5.74) is -0.183. The van der Waals surface area contributed by atoms with E-state index in [1.807, 2.05) is 0 Å². The molecule has 7 nitrogen and oxygen atoms in total. The van der Waals surface area contributed by atoms with Crippen LogP contribution < -0.4 is 10.9 Å². The van der Waals surface area contributed by atoms with Crippen molar-refractivity contribution < 1.29 is 4.79 Å². The Morgan fingerprint density at radius 3 is 2.70 bits per heavy atom. The molecule has 0 radical (unpaired) electrons. The average molecular weight is 287 g/mol. The molecule has 8 heteroatoms. The van der Waals surface area contributed by atoms with Gasteiger partial charge in [0.25, 0.3) is 11.5 Å². The third kappa shape index (κ3) is 2.16. The monoisotopic (exact) mass is 287 g/mol. The van der Waals surface area contributed by atoms with Gasteiger partial charge in [-0.3, -0.25) is 14.9 Å². The minimum absolute atomic E-state index is 0.146. The van der Waals surface area contributed by atoms with Crippen LogP contribution in [0.25, 0.3) is 10.8 Å². The van der Waals surface area contributed by atoms with E-state index >= 15 is 0 Å². The normalized spacial score (nSPS) is 10.7. The van der Waals surface area contributed by atoms with E-state index in [0.717, 1.165) is 5.01 Å². The fraction of sp³-hybridized carbons (Fsp3) is 0.0833. The highest BCUT2D eigenvalue weighted by Gasteiger charge is 2.15. The number of aryl methyl sites for hydroxylation is 1. The van der Waals surface area contributed by atoms with E-state index in [0.29, 0.717) is 15.9 Å². The number of amides is 1. The number of hydrogen-bond donors (Lipinski definition) is 2. The van der Waals surface area contributed by atoms with E-state index in [1.165, 1.54) is 11.3 Å². The van der Waals surface area contributed by atoms with E-state index < -0.39 is 5.91 Å². The van der Waals surface area contributed by atoms with Crippen LogP contribution in [0, 0.1) is 6.92 Å². The summed E-state index contributed by atoms with van der Waals surface area (Å²) in [5.74, 6) is -0.436. The number of anilines is 1. The third-order valence-electron chi connectivity index (χ3n) is 2.66. The summed E-state index contributed by atoms with van der Waals surface area (Å²) in [5, 5.41) is 18.4. The lowest BCUT2D eigenvalue weighted by Gasteiger charge is -2.03. The van der Waals surface area contributed by atoms with Gasteiger partial charge >= 0.3 is 0 Å². The molecule has 2 heterocycles. The predicted octanol–water partition coefficient (Wildman–Crippen LogP) is 1.34. The molecule has 100 valence electrons. The van der Waals surface area contributed by atoms with Crippen LogP contribution in [0.2, 0.25) is 0 Å². The van der Waals surface area contributed by atoms with E-state index in [1.54, 1.807) is 31.2 Å². The number of carbonyl (C=O) groups is 1. The van der Waals surface area contributed by atoms with Crippen molar-refractivity contribution in [2.75, 3.05) is 5.32 Å². The van der Waals surface area contributed by atoms with Crippen molar-refractivity contribution in [1.82, 2.24) is 20.4 Å². The Balaban J connectivity index is 2.04. The summed E-state index contributed by atoms with van der Waals surface area (Å²) >= 11 is 1.27. The molecule has 3 aromatic rings. The van der Waals surface area contributed by atoms with Crippen LogP contribution in [0.5, 0.6) is 0 Å². The Bertz CT molecular complexity index is 854. The van der Waals surface area contributed by atoms with Crippen LogP contribution in [0.4, 0.5) is 5.13 Å². The Morgan fingerprint density at radius 2 is 2.00 bits per heavy atom. The van der Waals surface area contributed by atoms with Gasteiger partial charge in [0.2, 0.25) is 5.13 Å². The van der Waals surface area contributed by atoms with Gasteiger partial charge in [-0.25, -0.2) is 5.10 Å². The number of benzene rings is 1. The first kappa shape index (κ1) is 12.4. The number of carbonyl (C=O) groups excluding carboxylic acids is 1. The number of fused-ring (bicyclic) bond motifs is 1. The van der Waals surface area contributed by atoms with Gasteiger partial charge in [-0.1, -0.05) is 29.5 Å². The number of H-pyrrole nitrogens is 1. The first-order valence-electron chi connectivity index (χ1n) is 5.74. The van der Waals surface area contributed by atoms with Gasteiger partial charge in [0.05, 0.1) is 5.39 Å². The molecule has 3 rings (SSSR count). The van der Waals surface area contributed by atoms with E-state index in [4.69, 9.17) is 0 Å². The molecule has 0 unspecified atom stereocenters. The zero-order chi connectivity index (χ0) is 14.1. The quantitative estimate of drug-likeness (QED) is 0.740. The van der Waals surface area contributed by atoms with E-state index in [9.17, 15) is 9.59 Å². The first-order valence-corrected chi connectivity index (χ1v) is 6.55. The molecule has 2 aromatic heterocycles. The number of nitrogens with one attached hydrogen (secondary N) is 2. The van der Waals surface area contributed by atoms with Gasteiger partial charge < -0.3 is 0 Å². The van der Waals surface area contributed by atoms with Crippen molar-refractivity contribution >= 4 is 33.1 Å². The Labute approximate surface area is 116 Å². The second kappa shape index (κ2) is 4.82. The van der Waals surface area contributed by atoms with E-state index in [-0.39, 0.29) is 11.3 Å². The van der Waals surface area contributed by atoms with Crippen LogP contribution in [0.15, 0.2) is 29.1 Å². The molecule has 0 fully saturated rings. The van der Waals surface area contributed by atoms with Crippen molar-refractivity contribution in [1.29, 1.82) is 0 Å². The number of aromatic amines is 1. The molecule has 0 saturated heterocycles. The predicted molar refractivity (Wildman–Crippen MR) is 75.0 cm³/mol. The van der Waals surface area contributed by atoms with Gasteiger partial charge in [-0.05, 0) is 13.0 Å². The highest BCUT2D eigenvalue weighted by atomic mass is 32.1. The summed E-state index contributed by atoms with van der Waals surface area (Å²) in [4.78, 5) is 23.8. The maximum Gasteiger partial charge on any atom is 0.278 e. The molecular weight excluding hydrogens is 278 g/mol.